The number of aldehydes is 1. The number of halogens is 3. The first-order chi connectivity index (χ1) is 6.83. The molecule has 1 rings (SSSR count). The molecule has 0 aliphatic carbocycles. The first-order valence-electron chi connectivity index (χ1n) is 4.45. The molecule has 0 saturated heterocycles. The third-order valence-corrected chi connectivity index (χ3v) is 1.88. The van der Waals surface area contributed by atoms with Gasteiger partial charge in [-0.3, -0.25) is 4.79 Å². The average Bonchev–Trinajstić information content (AvgIpc) is 1.99. The molecule has 0 aromatic heterocycles. The van der Waals surface area contributed by atoms with Crippen LogP contribution < -0.4 is 0 Å². The number of alkyl halides is 1. The maximum atomic E-state index is 13.2. The van der Waals surface area contributed by atoms with Crippen LogP contribution in [0, 0.1) is 11.6 Å². The van der Waals surface area contributed by atoms with E-state index in [-0.39, 0.29) is 18.3 Å². The number of carbonyl (C=O) groups excluding carboxylic acids is 1. The summed E-state index contributed by atoms with van der Waals surface area (Å²) in [6.07, 6.45) is 0.00894. The van der Waals surface area contributed by atoms with Gasteiger partial charge >= 0.3 is 0 Å². The van der Waals surface area contributed by atoms with E-state index < -0.39 is 22.9 Å². The van der Waals surface area contributed by atoms with Crippen LogP contribution in [-0.4, -0.2) is 12.0 Å². The van der Waals surface area contributed by atoms with Gasteiger partial charge in [-0.25, -0.2) is 13.2 Å². The molecule has 0 atom stereocenters. The number of carbonyl (C=O) groups is 1. The molecule has 0 radical (unpaired) electrons. The fourth-order valence-corrected chi connectivity index (χ4v) is 1.34. The lowest BCUT2D eigenvalue weighted by atomic mass is 9.99. The molecule has 0 unspecified atom stereocenters. The van der Waals surface area contributed by atoms with Crippen LogP contribution in [0.15, 0.2) is 12.1 Å². The van der Waals surface area contributed by atoms with Crippen molar-refractivity contribution < 1.29 is 18.0 Å². The number of hydrogen-bond acceptors (Lipinski definition) is 1. The monoisotopic (exact) mass is 216 g/mol. The number of hydrogen-bond donors (Lipinski definition) is 0. The molecule has 1 aromatic rings. The van der Waals surface area contributed by atoms with Gasteiger partial charge < -0.3 is 0 Å². The number of benzene rings is 1. The molecule has 0 aliphatic heterocycles. The Balaban J connectivity index is 3.09. The van der Waals surface area contributed by atoms with Gasteiger partial charge in [0.1, 0.15) is 17.3 Å². The molecule has 0 saturated carbocycles. The Kier molecular flexibility index (Phi) is 3.17. The second-order valence-electron chi connectivity index (χ2n) is 3.99. The highest BCUT2D eigenvalue weighted by atomic mass is 19.1. The Morgan fingerprint density at radius 1 is 1.27 bits per heavy atom. The molecule has 1 aromatic carbocycles. The minimum Gasteiger partial charge on any atom is -0.298 e. The van der Waals surface area contributed by atoms with E-state index in [2.05, 4.69) is 0 Å². The summed E-state index contributed by atoms with van der Waals surface area (Å²) in [7, 11) is 0. The van der Waals surface area contributed by atoms with Crippen LogP contribution in [-0.2, 0) is 6.42 Å². The largest absolute Gasteiger partial charge is 0.298 e. The average molecular weight is 216 g/mol. The van der Waals surface area contributed by atoms with E-state index in [4.69, 9.17) is 0 Å². The summed E-state index contributed by atoms with van der Waals surface area (Å²) in [5, 5.41) is 0. The predicted molar refractivity (Wildman–Crippen MR) is 50.6 cm³/mol. The van der Waals surface area contributed by atoms with Crippen LogP contribution in [0.1, 0.15) is 29.8 Å². The summed E-state index contributed by atoms with van der Waals surface area (Å²) < 4.78 is 39.4. The van der Waals surface area contributed by atoms with Crippen molar-refractivity contribution >= 4 is 6.29 Å². The maximum absolute atomic E-state index is 13.2. The smallest absolute Gasteiger partial charge is 0.155 e. The van der Waals surface area contributed by atoms with Crippen molar-refractivity contribution in [2.45, 2.75) is 25.9 Å². The third-order valence-electron chi connectivity index (χ3n) is 1.88. The van der Waals surface area contributed by atoms with Crippen molar-refractivity contribution in [1.82, 2.24) is 0 Å². The summed E-state index contributed by atoms with van der Waals surface area (Å²) in [5.41, 5.74) is -1.96. The van der Waals surface area contributed by atoms with Crippen LogP contribution in [0.2, 0.25) is 0 Å². The van der Waals surface area contributed by atoms with Crippen molar-refractivity contribution in [3.05, 3.63) is 34.9 Å². The summed E-state index contributed by atoms with van der Waals surface area (Å²) >= 11 is 0. The fourth-order valence-electron chi connectivity index (χ4n) is 1.34. The van der Waals surface area contributed by atoms with Crippen LogP contribution >= 0.6 is 0 Å². The summed E-state index contributed by atoms with van der Waals surface area (Å²) in [4.78, 5) is 10.3. The molecular formula is C11H11F3O. The van der Waals surface area contributed by atoms with Gasteiger partial charge in [-0.15, -0.1) is 0 Å². The lowest BCUT2D eigenvalue weighted by Crippen LogP contribution is -2.16. The minimum atomic E-state index is -1.54. The molecule has 0 fully saturated rings. The molecule has 0 bridgehead atoms. The fraction of sp³-hybridized carbons (Fsp3) is 0.364. The van der Waals surface area contributed by atoms with Gasteiger partial charge in [-0.05, 0) is 31.5 Å². The van der Waals surface area contributed by atoms with E-state index >= 15 is 0 Å². The topological polar surface area (TPSA) is 17.1 Å². The zero-order valence-corrected chi connectivity index (χ0v) is 8.48. The predicted octanol–water partition coefficient (Wildman–Crippen LogP) is 3.07. The van der Waals surface area contributed by atoms with Gasteiger partial charge in [-0.1, -0.05) is 0 Å². The van der Waals surface area contributed by atoms with E-state index in [1.165, 1.54) is 13.8 Å². The van der Waals surface area contributed by atoms with Gasteiger partial charge in [0.25, 0.3) is 0 Å². The molecule has 4 heteroatoms. The van der Waals surface area contributed by atoms with Crippen LogP contribution in [0.25, 0.3) is 0 Å². The Morgan fingerprint density at radius 3 is 2.07 bits per heavy atom. The van der Waals surface area contributed by atoms with Gasteiger partial charge in [0.15, 0.2) is 6.29 Å². The number of rotatable bonds is 3. The summed E-state index contributed by atoms with van der Waals surface area (Å²) in [5.74, 6) is -1.91. The molecule has 0 heterocycles. The van der Waals surface area contributed by atoms with Gasteiger partial charge in [-0.2, -0.15) is 0 Å². The Labute approximate surface area is 85.9 Å². The molecular weight excluding hydrogens is 205 g/mol. The van der Waals surface area contributed by atoms with Crippen molar-refractivity contribution in [1.29, 1.82) is 0 Å². The highest BCUT2D eigenvalue weighted by molar-refractivity contribution is 5.75. The van der Waals surface area contributed by atoms with Crippen molar-refractivity contribution in [3.63, 3.8) is 0 Å². The molecule has 0 N–H and O–H groups in total. The van der Waals surface area contributed by atoms with Gasteiger partial charge in [0.2, 0.25) is 0 Å². The van der Waals surface area contributed by atoms with E-state index in [0.29, 0.717) is 0 Å². The maximum Gasteiger partial charge on any atom is 0.155 e. The normalized spacial score (nSPS) is 11.5. The van der Waals surface area contributed by atoms with Crippen LogP contribution in [0.4, 0.5) is 13.2 Å². The van der Waals surface area contributed by atoms with Crippen LogP contribution in [0.5, 0.6) is 0 Å². The molecule has 0 amide bonds. The first kappa shape index (κ1) is 11.8. The standard InChI is InChI=1S/C11H11F3O/c1-11(2,14)5-7-3-9(12)8(6-15)10(13)4-7/h3-4,6H,5H2,1-2H3. The molecule has 82 valence electrons. The minimum absolute atomic E-state index is 0.0972. The quantitative estimate of drug-likeness (QED) is 0.709. The first-order valence-corrected chi connectivity index (χ1v) is 4.45. The van der Waals surface area contributed by atoms with Gasteiger partial charge in [0.05, 0.1) is 5.56 Å². The van der Waals surface area contributed by atoms with E-state index in [1.807, 2.05) is 0 Å². The second kappa shape index (κ2) is 4.04. The lowest BCUT2D eigenvalue weighted by molar-refractivity contribution is 0.111. The zero-order valence-electron chi connectivity index (χ0n) is 8.48. The third kappa shape index (κ3) is 3.08. The summed E-state index contributed by atoms with van der Waals surface area (Å²) in [6.45, 7) is 2.63. The molecule has 0 aliphatic rings. The van der Waals surface area contributed by atoms with E-state index in [9.17, 15) is 18.0 Å². The Hall–Kier alpha value is -1.32. The van der Waals surface area contributed by atoms with Gasteiger partial charge in [0, 0.05) is 6.42 Å². The van der Waals surface area contributed by atoms with E-state index in [1.54, 1.807) is 0 Å². The zero-order chi connectivity index (χ0) is 11.6. The molecule has 1 nitrogen and oxygen atoms in total. The highest BCUT2D eigenvalue weighted by Gasteiger charge is 2.18. The SMILES string of the molecule is CC(C)(F)Cc1cc(F)c(C=O)c(F)c1. The van der Waals surface area contributed by atoms with Crippen LogP contribution in [0.3, 0.4) is 0 Å². The highest BCUT2D eigenvalue weighted by Crippen LogP contribution is 2.20. The molecule has 0 spiro atoms. The van der Waals surface area contributed by atoms with Crippen molar-refractivity contribution in [3.8, 4) is 0 Å². The summed E-state index contributed by atoms with van der Waals surface area (Å²) in [6, 6.07) is 1.96. The lowest BCUT2D eigenvalue weighted by Gasteiger charge is -2.14. The van der Waals surface area contributed by atoms with Crippen molar-refractivity contribution in [2.75, 3.05) is 0 Å². The van der Waals surface area contributed by atoms with Crippen molar-refractivity contribution in [2.24, 2.45) is 0 Å². The van der Waals surface area contributed by atoms with E-state index in [0.717, 1.165) is 12.1 Å². The molecule has 15 heavy (non-hydrogen) atoms. The Morgan fingerprint density at radius 2 is 1.73 bits per heavy atom. The second-order valence-corrected chi connectivity index (χ2v) is 3.99. The Bertz CT molecular complexity index is 357.